The Morgan fingerprint density at radius 1 is 0.481 bits per heavy atom. The molecule has 0 aliphatic rings. The summed E-state index contributed by atoms with van der Waals surface area (Å²) in [7, 11) is 2.56. The Balaban J connectivity index is 1.29. The van der Waals surface area contributed by atoms with Crippen LogP contribution in [0.2, 0.25) is 0 Å². The molecule has 0 aromatic heterocycles. The minimum Gasteiger partial charge on any atom is -0.483 e. The zero-order chi connectivity index (χ0) is 37.9. The van der Waals surface area contributed by atoms with Crippen LogP contribution in [0.5, 0.6) is 11.5 Å². The van der Waals surface area contributed by atoms with E-state index < -0.39 is 49.1 Å². The van der Waals surface area contributed by atoms with E-state index in [2.05, 4.69) is 10.6 Å². The fraction of sp³-hybridized carbons (Fsp3) is 0.182. The van der Waals surface area contributed by atoms with Gasteiger partial charge < -0.3 is 29.6 Å². The minimum absolute atomic E-state index is 0.247. The molecular formula is C44H40N2O8. The number of benzene rings is 6. The van der Waals surface area contributed by atoms with Crippen molar-refractivity contribution in [2.45, 2.75) is 24.9 Å². The highest BCUT2D eigenvalue weighted by molar-refractivity contribution is 6.10. The Hall–Kier alpha value is -6.68. The topological polar surface area (TPSA) is 129 Å². The van der Waals surface area contributed by atoms with Gasteiger partial charge in [-0.05, 0) is 44.8 Å². The molecule has 10 heteroatoms. The molecule has 2 amide bonds. The lowest BCUT2D eigenvalue weighted by molar-refractivity contribution is -0.145. The van der Waals surface area contributed by atoms with Crippen molar-refractivity contribution in [2.75, 3.05) is 27.4 Å². The van der Waals surface area contributed by atoms with E-state index in [0.29, 0.717) is 22.6 Å². The third-order valence-corrected chi connectivity index (χ3v) is 8.96. The summed E-state index contributed by atoms with van der Waals surface area (Å²) in [4.78, 5) is 51.9. The van der Waals surface area contributed by atoms with Crippen LogP contribution in [-0.2, 0) is 41.5 Å². The number of hydrogen-bond acceptors (Lipinski definition) is 8. The van der Waals surface area contributed by atoms with Gasteiger partial charge in [0.1, 0.15) is 23.6 Å². The Morgan fingerprint density at radius 3 is 1.24 bits per heavy atom. The standard InChI is InChI=1S/C44H40N2O8/c1-51-43(49)35(25-29-13-5-3-6-14-29)45-39(47)27-53-37-23-21-31-17-9-11-19-33(31)41(37)42-34-20-12-10-18-32(34)22-24-38(42)54-28-40(48)46-36(44(50)52-2)26-30-15-7-4-8-16-30/h3-24,35-36H,25-28H2,1-2H3,(H,45,47)(H,46,48)/t35-,36-/m0/s1. The van der Waals surface area contributed by atoms with Crippen molar-refractivity contribution < 1.29 is 38.1 Å². The van der Waals surface area contributed by atoms with Crippen LogP contribution in [0.25, 0.3) is 32.7 Å². The van der Waals surface area contributed by atoms with Crippen LogP contribution in [0.15, 0.2) is 133 Å². The second-order valence-electron chi connectivity index (χ2n) is 12.6. The number of ether oxygens (including phenoxy) is 4. The Bertz CT molecular complexity index is 2100. The third-order valence-electron chi connectivity index (χ3n) is 8.96. The number of methoxy groups -OCH3 is 2. The first-order chi connectivity index (χ1) is 26.3. The van der Waals surface area contributed by atoms with Crippen LogP contribution in [0, 0.1) is 0 Å². The molecule has 6 aromatic rings. The van der Waals surface area contributed by atoms with Gasteiger partial charge in [0.25, 0.3) is 11.8 Å². The maximum absolute atomic E-state index is 13.3. The lowest BCUT2D eigenvalue weighted by atomic mass is 9.92. The molecule has 274 valence electrons. The number of hydrogen-bond donors (Lipinski definition) is 2. The fourth-order valence-corrected chi connectivity index (χ4v) is 6.39. The van der Waals surface area contributed by atoms with E-state index in [0.717, 1.165) is 32.7 Å². The Morgan fingerprint density at radius 2 is 0.852 bits per heavy atom. The zero-order valence-corrected chi connectivity index (χ0v) is 30.0. The largest absolute Gasteiger partial charge is 0.483 e. The number of fused-ring (bicyclic) bond motifs is 2. The van der Waals surface area contributed by atoms with Gasteiger partial charge in [0, 0.05) is 24.0 Å². The molecule has 2 N–H and O–H groups in total. The Kier molecular flexibility index (Phi) is 12.2. The van der Waals surface area contributed by atoms with Crippen LogP contribution >= 0.6 is 0 Å². The monoisotopic (exact) mass is 724 g/mol. The first kappa shape index (κ1) is 37.1. The second-order valence-corrected chi connectivity index (χ2v) is 12.6. The van der Waals surface area contributed by atoms with Crippen LogP contribution in [0.3, 0.4) is 0 Å². The van der Waals surface area contributed by atoms with Gasteiger partial charge in [0.05, 0.1) is 14.2 Å². The molecular weight excluding hydrogens is 684 g/mol. The van der Waals surface area contributed by atoms with Crippen LogP contribution in [0.1, 0.15) is 11.1 Å². The van der Waals surface area contributed by atoms with Crippen molar-refractivity contribution in [3.8, 4) is 22.6 Å². The fourth-order valence-electron chi connectivity index (χ4n) is 6.39. The van der Waals surface area contributed by atoms with Gasteiger partial charge >= 0.3 is 11.9 Å². The molecule has 0 bridgehead atoms. The number of carbonyl (C=O) groups excluding carboxylic acids is 4. The average molecular weight is 725 g/mol. The molecule has 0 aliphatic carbocycles. The summed E-state index contributed by atoms with van der Waals surface area (Å²) in [6.07, 6.45) is 0.495. The summed E-state index contributed by atoms with van der Waals surface area (Å²) in [5.41, 5.74) is 3.03. The zero-order valence-electron chi connectivity index (χ0n) is 30.0. The van der Waals surface area contributed by atoms with Crippen LogP contribution in [0.4, 0.5) is 0 Å². The number of amides is 2. The smallest absolute Gasteiger partial charge is 0.328 e. The van der Waals surface area contributed by atoms with E-state index in [1.54, 1.807) is 12.1 Å². The number of nitrogens with one attached hydrogen (secondary N) is 2. The summed E-state index contributed by atoms with van der Waals surface area (Å²) < 4.78 is 22.5. The van der Waals surface area contributed by atoms with E-state index >= 15 is 0 Å². The van der Waals surface area contributed by atoms with E-state index in [4.69, 9.17) is 18.9 Å². The van der Waals surface area contributed by atoms with Crippen molar-refractivity contribution in [3.05, 3.63) is 145 Å². The number of rotatable bonds is 15. The van der Waals surface area contributed by atoms with E-state index in [-0.39, 0.29) is 12.8 Å². The van der Waals surface area contributed by atoms with Crippen LogP contribution in [-0.4, -0.2) is 63.3 Å². The molecule has 54 heavy (non-hydrogen) atoms. The molecule has 2 atom stereocenters. The van der Waals surface area contributed by atoms with Crippen molar-refractivity contribution in [1.29, 1.82) is 0 Å². The van der Waals surface area contributed by atoms with E-state index in [1.165, 1.54) is 14.2 Å². The lowest BCUT2D eigenvalue weighted by Crippen LogP contribution is -2.45. The molecule has 0 heterocycles. The van der Waals surface area contributed by atoms with Gasteiger partial charge in [-0.15, -0.1) is 0 Å². The summed E-state index contributed by atoms with van der Waals surface area (Å²) in [5, 5.41) is 8.99. The molecule has 0 unspecified atom stereocenters. The van der Waals surface area contributed by atoms with Crippen molar-refractivity contribution in [2.24, 2.45) is 0 Å². The normalized spacial score (nSPS) is 12.0. The first-order valence-corrected chi connectivity index (χ1v) is 17.5. The minimum atomic E-state index is -0.916. The summed E-state index contributed by atoms with van der Waals surface area (Å²) >= 11 is 0. The Labute approximate surface area is 313 Å². The van der Waals surface area contributed by atoms with Gasteiger partial charge in [-0.25, -0.2) is 9.59 Å². The van der Waals surface area contributed by atoms with Crippen molar-refractivity contribution in [1.82, 2.24) is 10.6 Å². The summed E-state index contributed by atoms with van der Waals surface area (Å²) in [6, 6.07) is 39.7. The predicted molar refractivity (Wildman–Crippen MR) is 206 cm³/mol. The third kappa shape index (κ3) is 9.02. The highest BCUT2D eigenvalue weighted by Crippen LogP contribution is 2.45. The maximum atomic E-state index is 13.3. The summed E-state index contributed by atoms with van der Waals surface area (Å²) in [6.45, 7) is -0.791. The van der Waals surface area contributed by atoms with Gasteiger partial charge in [0.15, 0.2) is 13.2 Å². The quantitative estimate of drug-likeness (QED) is 0.120. The molecule has 6 rings (SSSR count). The molecule has 0 saturated heterocycles. The molecule has 10 nitrogen and oxygen atoms in total. The summed E-state index contributed by atoms with van der Waals surface area (Å²) in [5.74, 6) is -1.39. The molecule has 0 radical (unpaired) electrons. The van der Waals surface area contributed by atoms with Crippen LogP contribution < -0.4 is 20.1 Å². The SMILES string of the molecule is COC(=O)[C@H](Cc1ccccc1)NC(=O)COc1ccc2ccccc2c1-c1c(OCC(=O)N[C@@H](Cc2ccccc2)C(=O)OC)ccc2ccccc12. The molecule has 0 aliphatic heterocycles. The molecule has 6 aromatic carbocycles. The van der Waals surface area contributed by atoms with Crippen molar-refractivity contribution in [3.63, 3.8) is 0 Å². The van der Waals surface area contributed by atoms with E-state index in [1.807, 2.05) is 121 Å². The average Bonchev–Trinajstić information content (AvgIpc) is 3.21. The lowest BCUT2D eigenvalue weighted by Gasteiger charge is -2.21. The predicted octanol–water partition coefficient (Wildman–Crippen LogP) is 6.22. The second kappa shape index (κ2) is 17.7. The molecule has 0 fully saturated rings. The maximum Gasteiger partial charge on any atom is 0.328 e. The van der Waals surface area contributed by atoms with Gasteiger partial charge in [-0.3, -0.25) is 9.59 Å². The first-order valence-electron chi connectivity index (χ1n) is 17.5. The molecule has 0 spiro atoms. The number of esters is 2. The van der Waals surface area contributed by atoms with Gasteiger partial charge in [0.2, 0.25) is 0 Å². The highest BCUT2D eigenvalue weighted by Gasteiger charge is 2.25. The van der Waals surface area contributed by atoms with Gasteiger partial charge in [-0.2, -0.15) is 0 Å². The number of carbonyl (C=O) groups is 4. The van der Waals surface area contributed by atoms with E-state index in [9.17, 15) is 19.2 Å². The highest BCUT2D eigenvalue weighted by atomic mass is 16.5. The van der Waals surface area contributed by atoms with Crippen molar-refractivity contribution >= 4 is 45.3 Å². The van der Waals surface area contributed by atoms with Gasteiger partial charge in [-0.1, -0.05) is 121 Å². The molecule has 0 saturated carbocycles.